The zero-order valence-electron chi connectivity index (χ0n) is 16.2. The van der Waals surface area contributed by atoms with Gasteiger partial charge in [0.05, 0.1) is 16.0 Å². The molecule has 6 rings (SSSR count). The van der Waals surface area contributed by atoms with Gasteiger partial charge in [0.15, 0.2) is 5.16 Å². The first kappa shape index (κ1) is 18.3. The van der Waals surface area contributed by atoms with E-state index in [1.165, 1.54) is 16.5 Å². The molecule has 4 aromatic heterocycles. The van der Waals surface area contributed by atoms with Crippen molar-refractivity contribution in [1.82, 2.24) is 30.0 Å². The van der Waals surface area contributed by atoms with E-state index in [1.54, 1.807) is 11.3 Å². The highest BCUT2D eigenvalue weighted by atomic mass is 32.2. The Kier molecular flexibility index (Phi) is 4.32. The minimum atomic E-state index is 0.389. The average Bonchev–Trinajstić information content (AvgIpc) is 3.56. The Morgan fingerprint density at radius 1 is 0.968 bits per heavy atom. The third-order valence-corrected chi connectivity index (χ3v) is 6.75. The van der Waals surface area contributed by atoms with Crippen LogP contribution in [0.15, 0.2) is 68.7 Å². The highest BCUT2D eigenvalue weighted by Crippen LogP contribution is 2.34. The third kappa shape index (κ3) is 3.11. The van der Waals surface area contributed by atoms with Crippen molar-refractivity contribution in [2.24, 2.45) is 0 Å². The van der Waals surface area contributed by atoms with Gasteiger partial charge < -0.3 is 8.94 Å². The van der Waals surface area contributed by atoms with E-state index in [-0.39, 0.29) is 0 Å². The standard InChI is InChI=1S/C21H14N6O2S2/c1-12-17(18(26-29-12)13-7-3-2-4-8-13)19-23-22-16(28-19)11-30-20-24-25-21-27(20)14-9-5-6-10-15(14)31-21/h2-10H,11H2,1H3. The van der Waals surface area contributed by atoms with Gasteiger partial charge in [0.25, 0.3) is 5.89 Å². The number of para-hydroxylation sites is 1. The van der Waals surface area contributed by atoms with E-state index < -0.39 is 0 Å². The smallest absolute Gasteiger partial charge is 0.253 e. The number of thioether (sulfide) groups is 1. The molecule has 0 radical (unpaired) electrons. The second kappa shape index (κ2) is 7.33. The molecule has 8 nitrogen and oxygen atoms in total. The van der Waals surface area contributed by atoms with E-state index in [2.05, 4.69) is 42.1 Å². The van der Waals surface area contributed by atoms with Crippen molar-refractivity contribution in [2.75, 3.05) is 0 Å². The second-order valence-electron chi connectivity index (χ2n) is 6.79. The number of rotatable bonds is 5. The molecule has 0 amide bonds. The van der Waals surface area contributed by atoms with Crippen LogP contribution in [0, 0.1) is 6.92 Å². The fourth-order valence-electron chi connectivity index (χ4n) is 3.41. The van der Waals surface area contributed by atoms with Crippen molar-refractivity contribution in [3.63, 3.8) is 0 Å². The fraction of sp³-hybridized carbons (Fsp3) is 0.0952. The molecule has 0 fully saturated rings. The number of thiazole rings is 1. The minimum Gasteiger partial charge on any atom is -0.420 e. The quantitative estimate of drug-likeness (QED) is 0.331. The normalized spacial score (nSPS) is 11.6. The van der Waals surface area contributed by atoms with Crippen LogP contribution in [0.25, 0.3) is 37.9 Å². The number of aryl methyl sites for hydroxylation is 1. The number of nitrogens with zero attached hydrogens (tertiary/aromatic N) is 6. The monoisotopic (exact) mass is 446 g/mol. The summed E-state index contributed by atoms with van der Waals surface area (Å²) in [5.74, 6) is 1.99. The lowest BCUT2D eigenvalue weighted by molar-refractivity contribution is 0.399. The Bertz CT molecular complexity index is 1520. The van der Waals surface area contributed by atoms with E-state index in [1.807, 2.05) is 49.4 Å². The first-order valence-corrected chi connectivity index (χ1v) is 11.3. The summed E-state index contributed by atoms with van der Waals surface area (Å²) in [6.45, 7) is 1.84. The Balaban J connectivity index is 1.29. The lowest BCUT2D eigenvalue weighted by Crippen LogP contribution is -1.87. The maximum Gasteiger partial charge on any atom is 0.253 e. The van der Waals surface area contributed by atoms with Gasteiger partial charge >= 0.3 is 0 Å². The van der Waals surface area contributed by atoms with Crippen LogP contribution in [0.4, 0.5) is 0 Å². The molecule has 6 aromatic rings. The number of hydrogen-bond acceptors (Lipinski definition) is 9. The van der Waals surface area contributed by atoms with Crippen LogP contribution in [0.5, 0.6) is 0 Å². The van der Waals surface area contributed by atoms with Gasteiger partial charge in [0.2, 0.25) is 10.9 Å². The van der Waals surface area contributed by atoms with Crippen molar-refractivity contribution >= 4 is 38.3 Å². The molecule has 0 saturated carbocycles. The maximum atomic E-state index is 5.95. The molecule has 4 heterocycles. The molecule has 0 N–H and O–H groups in total. The van der Waals surface area contributed by atoms with Crippen molar-refractivity contribution in [1.29, 1.82) is 0 Å². The summed E-state index contributed by atoms with van der Waals surface area (Å²) in [5.41, 5.74) is 3.42. The van der Waals surface area contributed by atoms with Crippen LogP contribution in [-0.2, 0) is 5.75 Å². The van der Waals surface area contributed by atoms with E-state index in [4.69, 9.17) is 8.94 Å². The zero-order valence-corrected chi connectivity index (χ0v) is 17.9. The average molecular weight is 447 g/mol. The molecule has 10 heteroatoms. The van der Waals surface area contributed by atoms with E-state index >= 15 is 0 Å². The van der Waals surface area contributed by atoms with Gasteiger partial charge in [-0.05, 0) is 19.1 Å². The lowest BCUT2D eigenvalue weighted by atomic mass is 10.1. The zero-order chi connectivity index (χ0) is 20.8. The number of aromatic nitrogens is 6. The molecule has 2 aromatic carbocycles. The Labute approximate surface area is 183 Å². The molecule has 0 saturated heterocycles. The molecular formula is C21H14N6O2S2. The van der Waals surface area contributed by atoms with Crippen LogP contribution >= 0.6 is 23.1 Å². The second-order valence-corrected chi connectivity index (χ2v) is 8.74. The molecule has 152 valence electrons. The molecule has 31 heavy (non-hydrogen) atoms. The first-order chi connectivity index (χ1) is 15.3. The molecule has 0 aliphatic rings. The van der Waals surface area contributed by atoms with Gasteiger partial charge in [-0.25, -0.2) is 0 Å². The summed E-state index contributed by atoms with van der Waals surface area (Å²) in [5, 5.41) is 22.0. The molecule has 0 spiro atoms. The largest absolute Gasteiger partial charge is 0.420 e. The summed E-state index contributed by atoms with van der Waals surface area (Å²) < 4.78 is 14.6. The van der Waals surface area contributed by atoms with Gasteiger partial charge in [-0.2, -0.15) is 0 Å². The first-order valence-electron chi connectivity index (χ1n) is 9.48. The SMILES string of the molecule is Cc1onc(-c2ccccc2)c1-c1nnc(CSc2nnc3sc4ccccc4n23)o1. The number of hydrogen-bond donors (Lipinski definition) is 0. The van der Waals surface area contributed by atoms with Crippen molar-refractivity contribution in [3.05, 3.63) is 66.2 Å². The van der Waals surface area contributed by atoms with Crippen LogP contribution < -0.4 is 0 Å². The maximum absolute atomic E-state index is 5.95. The lowest BCUT2D eigenvalue weighted by Gasteiger charge is -1.98. The van der Waals surface area contributed by atoms with Gasteiger partial charge in [0.1, 0.15) is 17.0 Å². The van der Waals surface area contributed by atoms with Crippen molar-refractivity contribution in [2.45, 2.75) is 17.8 Å². The number of benzene rings is 2. The summed E-state index contributed by atoms with van der Waals surface area (Å²) in [6, 6.07) is 18.0. The summed E-state index contributed by atoms with van der Waals surface area (Å²) in [4.78, 5) is 0.863. The van der Waals surface area contributed by atoms with Crippen LogP contribution in [0.3, 0.4) is 0 Å². The molecule has 0 aliphatic heterocycles. The summed E-state index contributed by atoms with van der Waals surface area (Å²) in [7, 11) is 0. The molecule has 0 atom stereocenters. The molecule has 0 unspecified atom stereocenters. The van der Waals surface area contributed by atoms with Crippen molar-refractivity contribution in [3.8, 4) is 22.7 Å². The summed E-state index contributed by atoms with van der Waals surface area (Å²) >= 11 is 3.12. The van der Waals surface area contributed by atoms with Gasteiger partial charge in [-0.1, -0.05) is 70.7 Å². The third-order valence-electron chi connectivity index (χ3n) is 4.83. The van der Waals surface area contributed by atoms with Crippen LogP contribution in [-0.4, -0.2) is 30.0 Å². The minimum absolute atomic E-state index is 0.389. The fourth-order valence-corrected chi connectivity index (χ4v) is 5.21. The van der Waals surface area contributed by atoms with E-state index in [9.17, 15) is 0 Å². The van der Waals surface area contributed by atoms with Gasteiger partial charge in [0, 0.05) is 5.56 Å². The van der Waals surface area contributed by atoms with Gasteiger partial charge in [-0.3, -0.25) is 4.40 Å². The topological polar surface area (TPSA) is 95.1 Å². The predicted molar refractivity (Wildman–Crippen MR) is 118 cm³/mol. The Morgan fingerprint density at radius 3 is 2.71 bits per heavy atom. The highest BCUT2D eigenvalue weighted by molar-refractivity contribution is 7.98. The van der Waals surface area contributed by atoms with Crippen LogP contribution in [0.2, 0.25) is 0 Å². The molecular weight excluding hydrogens is 432 g/mol. The van der Waals surface area contributed by atoms with Crippen LogP contribution in [0.1, 0.15) is 11.7 Å². The Morgan fingerprint density at radius 2 is 1.81 bits per heavy atom. The highest BCUT2D eigenvalue weighted by Gasteiger charge is 2.22. The Hall–Kier alpha value is -3.50. The van der Waals surface area contributed by atoms with E-state index in [0.717, 1.165) is 21.2 Å². The summed E-state index contributed by atoms with van der Waals surface area (Å²) in [6.07, 6.45) is 0. The van der Waals surface area contributed by atoms with Crippen molar-refractivity contribution < 1.29 is 8.94 Å². The number of fused-ring (bicyclic) bond motifs is 3. The van der Waals surface area contributed by atoms with Gasteiger partial charge in [-0.15, -0.1) is 20.4 Å². The molecule has 0 bridgehead atoms. The predicted octanol–water partition coefficient (Wildman–Crippen LogP) is 5.25. The van der Waals surface area contributed by atoms with E-state index in [0.29, 0.717) is 34.6 Å². The molecule has 0 aliphatic carbocycles.